The zero-order valence-electron chi connectivity index (χ0n) is 10.8. The molecule has 0 aromatic heterocycles. The fourth-order valence-corrected chi connectivity index (χ4v) is 2.67. The van der Waals surface area contributed by atoms with Gasteiger partial charge in [-0.15, -0.1) is 0 Å². The van der Waals surface area contributed by atoms with Gasteiger partial charge in [0, 0.05) is 5.75 Å². The number of hydrogen-bond donors (Lipinski definition) is 2. The minimum Gasteiger partial charge on any atom is -0.468 e. The van der Waals surface area contributed by atoms with E-state index in [1.54, 1.807) is 0 Å². The van der Waals surface area contributed by atoms with Crippen molar-refractivity contribution < 1.29 is 14.6 Å². The average Bonchev–Trinajstić information content (AvgIpc) is 2.36. The number of carbonyl (C=O) groups is 1. The van der Waals surface area contributed by atoms with Gasteiger partial charge < -0.3 is 9.84 Å². The number of aliphatic hydroxyl groups is 1. The predicted octanol–water partition coefficient (Wildman–Crippen LogP) is 0.941. The quantitative estimate of drug-likeness (QED) is 0.584. The van der Waals surface area contributed by atoms with E-state index in [-0.39, 0.29) is 12.1 Å². The number of piperidine rings is 1. The fourth-order valence-electron chi connectivity index (χ4n) is 2.37. The topological polar surface area (TPSA) is 49.8 Å². The van der Waals surface area contributed by atoms with Crippen molar-refractivity contribution in [1.29, 1.82) is 0 Å². The summed E-state index contributed by atoms with van der Waals surface area (Å²) in [7, 11) is 1.42. The van der Waals surface area contributed by atoms with E-state index in [1.165, 1.54) is 7.11 Å². The standard InChI is InChI=1S/C12H23NO3S/c1-12(2,11(15)16-3)13-6-4-9(5-7-13)10(14)8-17/h9-10,14,17H,4-8H2,1-3H3. The maximum Gasteiger partial charge on any atom is 0.325 e. The second-order valence-corrected chi connectivity index (χ2v) is 5.49. The molecule has 1 aliphatic rings. The lowest BCUT2D eigenvalue weighted by molar-refractivity contribution is -0.154. The van der Waals surface area contributed by atoms with Gasteiger partial charge in [-0.1, -0.05) is 0 Å². The van der Waals surface area contributed by atoms with Crippen LogP contribution in [0.5, 0.6) is 0 Å². The summed E-state index contributed by atoms with van der Waals surface area (Å²) >= 11 is 4.12. The van der Waals surface area contributed by atoms with Crippen molar-refractivity contribution in [2.75, 3.05) is 26.0 Å². The van der Waals surface area contributed by atoms with E-state index in [4.69, 9.17) is 4.74 Å². The molecule has 1 N–H and O–H groups in total. The monoisotopic (exact) mass is 261 g/mol. The SMILES string of the molecule is COC(=O)C(C)(C)N1CCC(C(O)CS)CC1. The summed E-state index contributed by atoms with van der Waals surface area (Å²) in [6.45, 7) is 5.40. The molecule has 4 nitrogen and oxygen atoms in total. The Bertz CT molecular complexity index is 262. The van der Waals surface area contributed by atoms with Crippen LogP contribution in [-0.4, -0.2) is 53.6 Å². The van der Waals surface area contributed by atoms with Gasteiger partial charge in [-0.3, -0.25) is 9.69 Å². The predicted molar refractivity (Wildman–Crippen MR) is 70.3 cm³/mol. The van der Waals surface area contributed by atoms with Gasteiger partial charge in [-0.2, -0.15) is 12.6 Å². The molecule has 0 saturated carbocycles. The number of likely N-dealkylation sites (tertiary alicyclic amines) is 1. The van der Waals surface area contributed by atoms with Crippen molar-refractivity contribution in [2.24, 2.45) is 5.92 Å². The van der Waals surface area contributed by atoms with Crippen LogP contribution in [0, 0.1) is 5.92 Å². The van der Waals surface area contributed by atoms with E-state index in [0.717, 1.165) is 25.9 Å². The maximum atomic E-state index is 11.7. The average molecular weight is 261 g/mol. The van der Waals surface area contributed by atoms with Gasteiger partial charge in [-0.05, 0) is 45.7 Å². The van der Waals surface area contributed by atoms with Crippen LogP contribution in [0.1, 0.15) is 26.7 Å². The Hall–Kier alpha value is -0.260. The van der Waals surface area contributed by atoms with E-state index in [0.29, 0.717) is 11.7 Å². The molecular formula is C12H23NO3S. The summed E-state index contributed by atoms with van der Waals surface area (Å²) in [6, 6.07) is 0. The smallest absolute Gasteiger partial charge is 0.325 e. The molecule has 0 aromatic rings. The molecule has 0 amide bonds. The summed E-state index contributed by atoms with van der Waals surface area (Å²) in [5, 5.41) is 9.74. The normalized spacial score (nSPS) is 21.2. The van der Waals surface area contributed by atoms with Crippen LogP contribution in [0.25, 0.3) is 0 Å². The Labute approximate surface area is 109 Å². The lowest BCUT2D eigenvalue weighted by Gasteiger charge is -2.41. The summed E-state index contributed by atoms with van der Waals surface area (Å²) in [4.78, 5) is 13.8. The first-order chi connectivity index (χ1) is 7.93. The zero-order chi connectivity index (χ0) is 13.1. The van der Waals surface area contributed by atoms with Gasteiger partial charge in [0.1, 0.15) is 5.54 Å². The number of ether oxygens (including phenoxy) is 1. The number of esters is 1. The summed E-state index contributed by atoms with van der Waals surface area (Å²) < 4.78 is 4.82. The number of rotatable bonds is 4. The lowest BCUT2D eigenvalue weighted by Crippen LogP contribution is -2.54. The molecule has 0 aromatic carbocycles. The largest absolute Gasteiger partial charge is 0.468 e. The van der Waals surface area contributed by atoms with E-state index >= 15 is 0 Å². The maximum absolute atomic E-state index is 11.7. The van der Waals surface area contributed by atoms with Crippen LogP contribution in [-0.2, 0) is 9.53 Å². The second-order valence-electron chi connectivity index (χ2n) is 5.12. The third-order valence-corrected chi connectivity index (χ3v) is 4.12. The van der Waals surface area contributed by atoms with Gasteiger partial charge in [-0.25, -0.2) is 0 Å². The molecule has 1 atom stereocenters. The van der Waals surface area contributed by atoms with Gasteiger partial charge in [0.2, 0.25) is 0 Å². The number of hydrogen-bond acceptors (Lipinski definition) is 5. The third-order valence-electron chi connectivity index (χ3n) is 3.75. The molecule has 1 heterocycles. The number of carbonyl (C=O) groups excluding carboxylic acids is 1. The first-order valence-corrected chi connectivity index (χ1v) is 6.69. The van der Waals surface area contributed by atoms with Crippen LogP contribution in [0.4, 0.5) is 0 Å². The Balaban J connectivity index is 2.54. The van der Waals surface area contributed by atoms with Crippen LogP contribution >= 0.6 is 12.6 Å². The molecule has 100 valence electrons. The van der Waals surface area contributed by atoms with Gasteiger partial charge in [0.15, 0.2) is 0 Å². The highest BCUT2D eigenvalue weighted by atomic mass is 32.1. The molecule has 1 rings (SSSR count). The molecule has 0 spiro atoms. The van der Waals surface area contributed by atoms with E-state index in [9.17, 15) is 9.90 Å². The summed E-state index contributed by atoms with van der Waals surface area (Å²) in [5.41, 5.74) is -0.578. The van der Waals surface area contributed by atoms with Crippen molar-refractivity contribution in [3.05, 3.63) is 0 Å². The molecule has 5 heteroatoms. The molecule has 1 fully saturated rings. The highest BCUT2D eigenvalue weighted by molar-refractivity contribution is 7.80. The van der Waals surface area contributed by atoms with E-state index in [1.807, 2.05) is 13.8 Å². The molecule has 1 unspecified atom stereocenters. The third kappa shape index (κ3) is 3.36. The van der Waals surface area contributed by atoms with Crippen LogP contribution in [0.3, 0.4) is 0 Å². The van der Waals surface area contributed by atoms with Gasteiger partial charge >= 0.3 is 5.97 Å². The molecule has 0 radical (unpaired) electrons. The van der Waals surface area contributed by atoms with Gasteiger partial charge in [0.05, 0.1) is 13.2 Å². The minimum absolute atomic E-state index is 0.203. The molecule has 0 aliphatic carbocycles. The van der Waals surface area contributed by atoms with E-state index in [2.05, 4.69) is 17.5 Å². The van der Waals surface area contributed by atoms with Crippen LogP contribution in [0.2, 0.25) is 0 Å². The van der Waals surface area contributed by atoms with Crippen LogP contribution < -0.4 is 0 Å². The second kappa shape index (κ2) is 6.07. The van der Waals surface area contributed by atoms with Crippen LogP contribution in [0.15, 0.2) is 0 Å². The summed E-state index contributed by atoms with van der Waals surface area (Å²) in [5.74, 6) is 0.605. The Morgan fingerprint density at radius 1 is 1.53 bits per heavy atom. The van der Waals surface area contributed by atoms with Crippen molar-refractivity contribution in [3.63, 3.8) is 0 Å². The molecular weight excluding hydrogens is 238 g/mol. The van der Waals surface area contributed by atoms with Gasteiger partial charge in [0.25, 0.3) is 0 Å². The Morgan fingerprint density at radius 2 is 2.06 bits per heavy atom. The number of aliphatic hydroxyl groups excluding tert-OH is 1. The fraction of sp³-hybridized carbons (Fsp3) is 0.917. The van der Waals surface area contributed by atoms with E-state index < -0.39 is 5.54 Å². The molecule has 1 saturated heterocycles. The molecule has 17 heavy (non-hydrogen) atoms. The highest BCUT2D eigenvalue weighted by Gasteiger charge is 2.38. The Morgan fingerprint density at radius 3 is 2.47 bits per heavy atom. The lowest BCUT2D eigenvalue weighted by atomic mass is 9.89. The van der Waals surface area contributed by atoms with Crippen molar-refractivity contribution >= 4 is 18.6 Å². The Kier molecular flexibility index (Phi) is 5.28. The molecule has 1 aliphatic heterocycles. The minimum atomic E-state index is -0.578. The van der Waals surface area contributed by atoms with Crippen molar-refractivity contribution in [1.82, 2.24) is 4.90 Å². The highest BCUT2D eigenvalue weighted by Crippen LogP contribution is 2.27. The zero-order valence-corrected chi connectivity index (χ0v) is 11.7. The summed E-state index contributed by atoms with van der Waals surface area (Å²) in [6.07, 6.45) is 1.48. The first-order valence-electron chi connectivity index (χ1n) is 6.06. The molecule has 0 bridgehead atoms. The number of thiol groups is 1. The number of methoxy groups -OCH3 is 1. The van der Waals surface area contributed by atoms with Crippen molar-refractivity contribution in [2.45, 2.75) is 38.3 Å². The van der Waals surface area contributed by atoms with Crippen molar-refractivity contribution in [3.8, 4) is 0 Å². The number of nitrogens with zero attached hydrogens (tertiary/aromatic N) is 1. The first kappa shape index (κ1) is 14.8.